The first kappa shape index (κ1) is 22.5. The largest absolute Gasteiger partial charge is 0.401 e. The van der Waals surface area contributed by atoms with E-state index in [0.717, 1.165) is 17.0 Å². The number of carbonyl (C=O) groups excluding carboxylic acids is 2. The molecule has 0 radical (unpaired) electrons. The van der Waals surface area contributed by atoms with Gasteiger partial charge in [-0.25, -0.2) is 13.6 Å². The van der Waals surface area contributed by atoms with E-state index in [4.69, 9.17) is 11.6 Å². The molecular weight excluding hydrogens is 435 g/mol. The number of urea groups is 1. The van der Waals surface area contributed by atoms with E-state index in [1.165, 1.54) is 0 Å². The molecule has 0 spiro atoms. The highest BCUT2D eigenvalue weighted by atomic mass is 35.5. The molecule has 3 atom stereocenters. The summed E-state index contributed by atoms with van der Waals surface area (Å²) in [5.74, 6) is -2.87. The van der Waals surface area contributed by atoms with Gasteiger partial charge in [0.2, 0.25) is 5.91 Å². The Balaban J connectivity index is 1.95. The second-order valence-electron chi connectivity index (χ2n) is 7.31. The van der Waals surface area contributed by atoms with Crippen LogP contribution in [0.2, 0.25) is 5.02 Å². The summed E-state index contributed by atoms with van der Waals surface area (Å²) in [6.07, 6.45) is -3.15. The zero-order valence-electron chi connectivity index (χ0n) is 15.7. The van der Waals surface area contributed by atoms with Crippen molar-refractivity contribution in [3.63, 3.8) is 0 Å². The smallest absolute Gasteiger partial charge is 0.346 e. The van der Waals surface area contributed by atoms with Crippen LogP contribution in [0.5, 0.6) is 0 Å². The van der Waals surface area contributed by atoms with E-state index >= 15 is 0 Å². The molecule has 3 N–H and O–H groups in total. The van der Waals surface area contributed by atoms with Gasteiger partial charge in [0.05, 0.1) is 12.6 Å². The van der Waals surface area contributed by atoms with Gasteiger partial charge in [0.1, 0.15) is 22.7 Å². The van der Waals surface area contributed by atoms with Gasteiger partial charge in [0.25, 0.3) is 0 Å². The number of alkyl halides is 3. The maximum atomic E-state index is 14.8. The van der Waals surface area contributed by atoms with Gasteiger partial charge in [-0.1, -0.05) is 24.1 Å². The number of hydrogen-bond acceptors (Lipinski definition) is 3. The van der Waals surface area contributed by atoms with Crippen molar-refractivity contribution in [3.8, 4) is 0 Å². The molecule has 0 aromatic heterocycles. The Morgan fingerprint density at radius 3 is 2.67 bits per heavy atom. The molecule has 1 aromatic rings. The number of nitrogens with zero attached hydrogens (tertiary/aromatic N) is 1. The summed E-state index contributed by atoms with van der Waals surface area (Å²) in [6.45, 7) is -1.15. The summed E-state index contributed by atoms with van der Waals surface area (Å²) in [5, 5.41) is 6.50. The van der Waals surface area contributed by atoms with Gasteiger partial charge in [-0.05, 0) is 25.5 Å². The SMILES string of the molecule is O=C1NC[C@@H](C(=O)NC(c2ccc(F)c(Cl)c2F)C2CCCCN2CC(F)(F)F)N1. The molecular formula is C18H20ClF5N4O2. The molecule has 2 unspecified atom stereocenters. The summed E-state index contributed by atoms with van der Waals surface area (Å²) in [6, 6.07) is -1.71. The zero-order chi connectivity index (χ0) is 22.1. The fraction of sp³-hybridized carbons (Fsp3) is 0.556. The molecule has 3 rings (SSSR count). The highest BCUT2D eigenvalue weighted by Crippen LogP contribution is 2.34. The topological polar surface area (TPSA) is 73.5 Å². The quantitative estimate of drug-likeness (QED) is 0.473. The highest BCUT2D eigenvalue weighted by Gasteiger charge is 2.41. The van der Waals surface area contributed by atoms with E-state index in [0.29, 0.717) is 12.8 Å². The van der Waals surface area contributed by atoms with Crippen LogP contribution in [0.3, 0.4) is 0 Å². The lowest BCUT2D eigenvalue weighted by Crippen LogP contribution is -2.54. The molecule has 2 aliphatic rings. The van der Waals surface area contributed by atoms with Crippen molar-refractivity contribution in [2.24, 2.45) is 0 Å². The van der Waals surface area contributed by atoms with Gasteiger partial charge in [0, 0.05) is 18.2 Å². The van der Waals surface area contributed by atoms with Crippen LogP contribution in [-0.2, 0) is 4.79 Å². The molecule has 12 heteroatoms. The number of amides is 3. The Labute approximate surface area is 174 Å². The van der Waals surface area contributed by atoms with Crippen LogP contribution in [0.15, 0.2) is 12.1 Å². The van der Waals surface area contributed by atoms with Crippen molar-refractivity contribution >= 4 is 23.5 Å². The van der Waals surface area contributed by atoms with Crippen molar-refractivity contribution in [2.45, 2.75) is 43.6 Å². The van der Waals surface area contributed by atoms with Gasteiger partial charge < -0.3 is 16.0 Å². The van der Waals surface area contributed by atoms with Crippen molar-refractivity contribution in [2.75, 3.05) is 19.6 Å². The van der Waals surface area contributed by atoms with Gasteiger partial charge in [0.15, 0.2) is 0 Å². The number of hydrogen-bond donors (Lipinski definition) is 3. The number of halogens is 6. The third-order valence-corrected chi connectivity index (χ3v) is 5.56. The number of nitrogens with one attached hydrogen (secondary N) is 3. The molecule has 6 nitrogen and oxygen atoms in total. The number of carbonyl (C=O) groups is 2. The van der Waals surface area contributed by atoms with E-state index in [2.05, 4.69) is 16.0 Å². The van der Waals surface area contributed by atoms with E-state index in [1.807, 2.05) is 0 Å². The maximum Gasteiger partial charge on any atom is 0.401 e. The monoisotopic (exact) mass is 454 g/mol. The van der Waals surface area contributed by atoms with Crippen LogP contribution in [-0.4, -0.2) is 54.7 Å². The van der Waals surface area contributed by atoms with Crippen LogP contribution in [0, 0.1) is 11.6 Å². The van der Waals surface area contributed by atoms with Crippen molar-refractivity contribution in [1.82, 2.24) is 20.9 Å². The second-order valence-corrected chi connectivity index (χ2v) is 7.68. The molecule has 2 fully saturated rings. The normalized spacial score (nSPS) is 23.6. The van der Waals surface area contributed by atoms with Crippen molar-refractivity contribution in [3.05, 3.63) is 34.4 Å². The maximum absolute atomic E-state index is 14.8. The summed E-state index contributed by atoms with van der Waals surface area (Å²) in [4.78, 5) is 25.1. The fourth-order valence-corrected chi connectivity index (χ4v) is 4.02. The third-order valence-electron chi connectivity index (χ3n) is 5.22. The van der Waals surface area contributed by atoms with Gasteiger partial charge >= 0.3 is 12.2 Å². The predicted molar refractivity (Wildman–Crippen MR) is 97.8 cm³/mol. The standard InChI is InChI=1S/C18H20ClF5N4O2/c19-13-10(20)5-4-9(14(13)21)15(27-16(29)11-7-25-17(30)26-11)12-3-1-2-6-28(12)8-18(22,23)24/h4-5,11-12,15H,1-3,6-8H2,(H,27,29)(H2,25,26,30)/t11-,12?,15?/m0/s1. The first-order valence-corrected chi connectivity index (χ1v) is 9.73. The summed E-state index contributed by atoms with van der Waals surface area (Å²) in [5.41, 5.74) is -0.217. The Kier molecular flexibility index (Phi) is 6.71. The van der Waals surface area contributed by atoms with Crippen LogP contribution >= 0.6 is 11.6 Å². The lowest BCUT2D eigenvalue weighted by Gasteiger charge is -2.41. The average molecular weight is 455 g/mol. The Bertz CT molecular complexity index is 823. The molecule has 2 heterocycles. The Morgan fingerprint density at radius 2 is 2.03 bits per heavy atom. The number of likely N-dealkylation sites (tertiary alicyclic amines) is 1. The minimum absolute atomic E-state index is 0.0268. The summed E-state index contributed by atoms with van der Waals surface area (Å²) in [7, 11) is 0. The fourth-order valence-electron chi connectivity index (χ4n) is 3.85. The summed E-state index contributed by atoms with van der Waals surface area (Å²) >= 11 is 5.67. The summed E-state index contributed by atoms with van der Waals surface area (Å²) < 4.78 is 67.7. The molecule has 166 valence electrons. The minimum atomic E-state index is -4.49. The molecule has 0 saturated carbocycles. The first-order valence-electron chi connectivity index (χ1n) is 9.36. The van der Waals surface area contributed by atoms with Crippen LogP contribution in [0.1, 0.15) is 30.9 Å². The van der Waals surface area contributed by atoms with E-state index in [9.17, 15) is 31.5 Å². The molecule has 3 amide bonds. The number of piperidine rings is 1. The molecule has 0 bridgehead atoms. The predicted octanol–water partition coefficient (Wildman–Crippen LogP) is 2.87. The molecule has 30 heavy (non-hydrogen) atoms. The van der Waals surface area contributed by atoms with Crippen molar-refractivity contribution < 1.29 is 31.5 Å². The van der Waals surface area contributed by atoms with Gasteiger partial charge in [-0.2, -0.15) is 13.2 Å². The van der Waals surface area contributed by atoms with Gasteiger partial charge in [-0.15, -0.1) is 0 Å². The number of rotatable bonds is 5. The highest BCUT2D eigenvalue weighted by molar-refractivity contribution is 6.31. The molecule has 2 saturated heterocycles. The van der Waals surface area contributed by atoms with E-state index in [-0.39, 0.29) is 25.1 Å². The lowest BCUT2D eigenvalue weighted by atomic mass is 9.90. The van der Waals surface area contributed by atoms with E-state index < -0.39 is 59.4 Å². The Hall–Kier alpha value is -2.14. The second kappa shape index (κ2) is 8.93. The average Bonchev–Trinajstić information content (AvgIpc) is 3.11. The third kappa shape index (κ3) is 5.12. The minimum Gasteiger partial charge on any atom is -0.346 e. The van der Waals surface area contributed by atoms with E-state index in [1.54, 1.807) is 0 Å². The zero-order valence-corrected chi connectivity index (χ0v) is 16.4. The molecule has 2 aliphatic heterocycles. The molecule has 1 aromatic carbocycles. The molecule has 0 aliphatic carbocycles. The van der Waals surface area contributed by atoms with Gasteiger partial charge in [-0.3, -0.25) is 9.69 Å². The lowest BCUT2D eigenvalue weighted by molar-refractivity contribution is -0.155. The van der Waals surface area contributed by atoms with Crippen LogP contribution < -0.4 is 16.0 Å². The van der Waals surface area contributed by atoms with Crippen molar-refractivity contribution in [1.29, 1.82) is 0 Å². The van der Waals surface area contributed by atoms with Crippen LogP contribution in [0.25, 0.3) is 0 Å². The first-order chi connectivity index (χ1) is 14.1. The number of benzene rings is 1. The Morgan fingerprint density at radius 1 is 1.30 bits per heavy atom. The van der Waals surface area contributed by atoms with Crippen LogP contribution in [0.4, 0.5) is 26.7 Å².